The molecule has 0 amide bonds. The van der Waals surface area contributed by atoms with Crippen LogP contribution in [0, 0.1) is 0 Å². The fourth-order valence-corrected chi connectivity index (χ4v) is 3.94. The highest BCUT2D eigenvalue weighted by molar-refractivity contribution is 5.96. The number of halogens is 2. The van der Waals surface area contributed by atoms with Gasteiger partial charge in [-0.05, 0) is 18.2 Å². The fraction of sp³-hybridized carbons (Fsp3) is 0.150. The Hall–Kier alpha value is -3.35. The van der Waals surface area contributed by atoms with E-state index < -0.39 is 29.7 Å². The Balaban J connectivity index is 1.90. The second-order valence-corrected chi connectivity index (χ2v) is 6.55. The van der Waals surface area contributed by atoms with E-state index in [2.05, 4.69) is 0 Å². The van der Waals surface area contributed by atoms with E-state index in [1.165, 1.54) is 18.2 Å². The van der Waals surface area contributed by atoms with Crippen molar-refractivity contribution >= 4 is 5.97 Å². The number of ether oxygens (including phenoxy) is 2. The number of phenolic OH excluding ortho intramolecular Hbond substituents is 1. The van der Waals surface area contributed by atoms with Crippen LogP contribution < -0.4 is 4.74 Å². The van der Waals surface area contributed by atoms with Gasteiger partial charge in [0.05, 0.1) is 11.1 Å². The number of esters is 1. The van der Waals surface area contributed by atoms with Gasteiger partial charge < -0.3 is 19.7 Å². The summed E-state index contributed by atoms with van der Waals surface area (Å²) in [6.07, 6.45) is -3.63. The van der Waals surface area contributed by atoms with E-state index in [1.54, 1.807) is 24.3 Å². The van der Waals surface area contributed by atoms with Gasteiger partial charge >= 0.3 is 5.97 Å². The molecule has 1 aliphatic carbocycles. The number of fused-ring (bicyclic) bond motifs is 5. The average molecular weight is 370 g/mol. The standard InChI is InChI=1S/C20H12F2O5/c21-17-13(24)8-15-16(18(17)22)20(12-6-5-9(23)7-14(12)26-15)11-4-2-1-3-10(11)19(25)27-20/h1-8,17-18,23-24H. The Bertz CT molecular complexity index is 1070. The number of carbonyl (C=O) groups excluding carboxylic acids is 1. The summed E-state index contributed by atoms with van der Waals surface area (Å²) in [4.78, 5) is 12.5. The molecule has 3 atom stereocenters. The van der Waals surface area contributed by atoms with E-state index in [4.69, 9.17) is 9.47 Å². The van der Waals surface area contributed by atoms with Crippen LogP contribution in [-0.2, 0) is 10.3 Å². The van der Waals surface area contributed by atoms with Crippen LogP contribution >= 0.6 is 0 Å². The molecule has 0 bridgehead atoms. The second kappa shape index (κ2) is 5.09. The molecule has 3 aliphatic rings. The molecular weight excluding hydrogens is 358 g/mol. The number of aromatic hydroxyl groups is 1. The molecule has 5 nitrogen and oxygen atoms in total. The summed E-state index contributed by atoms with van der Waals surface area (Å²) in [6, 6.07) is 10.5. The maximum Gasteiger partial charge on any atom is 0.340 e. The summed E-state index contributed by atoms with van der Waals surface area (Å²) in [5, 5.41) is 19.5. The molecule has 136 valence electrons. The van der Waals surface area contributed by atoms with Gasteiger partial charge in [0.2, 0.25) is 0 Å². The van der Waals surface area contributed by atoms with Crippen LogP contribution in [0.3, 0.4) is 0 Å². The molecule has 0 fully saturated rings. The van der Waals surface area contributed by atoms with E-state index in [9.17, 15) is 19.4 Å². The van der Waals surface area contributed by atoms with Crippen LogP contribution in [0.1, 0.15) is 21.5 Å². The van der Waals surface area contributed by atoms with Crippen molar-refractivity contribution < 1.29 is 33.3 Å². The van der Waals surface area contributed by atoms with Crippen LogP contribution in [0.4, 0.5) is 8.78 Å². The van der Waals surface area contributed by atoms with Crippen molar-refractivity contribution in [1.29, 1.82) is 0 Å². The summed E-state index contributed by atoms with van der Waals surface area (Å²) in [7, 11) is 0. The Morgan fingerprint density at radius 2 is 1.78 bits per heavy atom. The van der Waals surface area contributed by atoms with E-state index in [0.29, 0.717) is 5.56 Å². The highest BCUT2D eigenvalue weighted by Gasteiger charge is 2.59. The highest BCUT2D eigenvalue weighted by Crippen LogP contribution is 2.57. The van der Waals surface area contributed by atoms with Crippen LogP contribution in [-0.4, -0.2) is 28.5 Å². The quantitative estimate of drug-likeness (QED) is 0.694. The first-order valence-corrected chi connectivity index (χ1v) is 8.21. The van der Waals surface area contributed by atoms with E-state index in [0.717, 1.165) is 6.08 Å². The molecule has 3 unspecified atom stereocenters. The molecule has 2 aromatic rings. The summed E-state index contributed by atoms with van der Waals surface area (Å²) >= 11 is 0. The van der Waals surface area contributed by atoms with Gasteiger partial charge in [-0.3, -0.25) is 0 Å². The van der Waals surface area contributed by atoms with Gasteiger partial charge in [-0.2, -0.15) is 0 Å². The average Bonchev–Trinajstić information content (AvgIpc) is 2.93. The van der Waals surface area contributed by atoms with Crippen molar-refractivity contribution in [3.63, 3.8) is 0 Å². The van der Waals surface area contributed by atoms with Crippen molar-refractivity contribution in [3.05, 3.63) is 82.3 Å². The summed E-state index contributed by atoms with van der Waals surface area (Å²) in [5.41, 5.74) is -1.13. The highest BCUT2D eigenvalue weighted by atomic mass is 19.2. The summed E-state index contributed by atoms with van der Waals surface area (Å²) < 4.78 is 40.7. The van der Waals surface area contributed by atoms with Gasteiger partial charge in [0.1, 0.15) is 23.0 Å². The third kappa shape index (κ3) is 1.88. The second-order valence-electron chi connectivity index (χ2n) is 6.55. The third-order valence-corrected chi connectivity index (χ3v) is 5.08. The predicted molar refractivity (Wildman–Crippen MR) is 88.9 cm³/mol. The minimum absolute atomic E-state index is 0.116. The van der Waals surface area contributed by atoms with E-state index >= 15 is 4.39 Å². The molecule has 27 heavy (non-hydrogen) atoms. The Morgan fingerprint density at radius 1 is 1.00 bits per heavy atom. The lowest BCUT2D eigenvalue weighted by atomic mass is 9.73. The smallest absolute Gasteiger partial charge is 0.340 e. The molecule has 2 heterocycles. The van der Waals surface area contributed by atoms with Crippen LogP contribution in [0.15, 0.2) is 65.6 Å². The lowest BCUT2D eigenvalue weighted by Gasteiger charge is -2.40. The molecule has 7 heteroatoms. The molecule has 2 N–H and O–H groups in total. The van der Waals surface area contributed by atoms with Crippen molar-refractivity contribution in [2.24, 2.45) is 0 Å². The molecule has 2 aromatic carbocycles. The van der Waals surface area contributed by atoms with Crippen molar-refractivity contribution in [1.82, 2.24) is 0 Å². The molecule has 0 aromatic heterocycles. The number of hydrogen-bond donors (Lipinski definition) is 2. The molecule has 5 rings (SSSR count). The molecule has 0 saturated heterocycles. The fourth-order valence-electron chi connectivity index (χ4n) is 3.94. The SMILES string of the molecule is O=C1OC2(C3=C(C=C(O)C(F)C3F)Oc3cc(O)ccc32)c2ccccc21. The zero-order valence-corrected chi connectivity index (χ0v) is 13.6. The number of carbonyl (C=O) groups is 1. The number of alkyl halides is 2. The third-order valence-electron chi connectivity index (χ3n) is 5.08. The van der Waals surface area contributed by atoms with Crippen LogP contribution in [0.2, 0.25) is 0 Å². The predicted octanol–water partition coefficient (Wildman–Crippen LogP) is 3.58. The first-order valence-electron chi connectivity index (χ1n) is 8.21. The van der Waals surface area contributed by atoms with Crippen LogP contribution in [0.5, 0.6) is 11.5 Å². The topological polar surface area (TPSA) is 76.0 Å². The van der Waals surface area contributed by atoms with Crippen molar-refractivity contribution in [3.8, 4) is 11.5 Å². The van der Waals surface area contributed by atoms with Crippen LogP contribution in [0.25, 0.3) is 0 Å². The van der Waals surface area contributed by atoms with E-state index in [1.807, 2.05) is 0 Å². The Morgan fingerprint density at radius 3 is 2.59 bits per heavy atom. The molecule has 0 saturated carbocycles. The lowest BCUT2D eigenvalue weighted by Crippen LogP contribution is -2.44. The molecular formula is C20H12F2O5. The molecule has 0 radical (unpaired) electrons. The monoisotopic (exact) mass is 370 g/mol. The van der Waals surface area contributed by atoms with Gasteiger partial charge in [0.15, 0.2) is 17.9 Å². The molecule has 2 aliphatic heterocycles. The first kappa shape index (κ1) is 15.9. The zero-order chi connectivity index (χ0) is 18.9. The minimum Gasteiger partial charge on any atom is -0.509 e. The first-order chi connectivity index (χ1) is 12.9. The number of hydrogen-bond acceptors (Lipinski definition) is 5. The van der Waals surface area contributed by atoms with E-state index in [-0.39, 0.29) is 34.0 Å². The number of aliphatic hydroxyl groups excluding tert-OH is 1. The normalized spacial score (nSPS) is 28.1. The van der Waals surface area contributed by atoms with Gasteiger partial charge in [0.25, 0.3) is 0 Å². The summed E-state index contributed by atoms with van der Waals surface area (Å²) in [6.45, 7) is 0. The number of aliphatic hydroxyl groups is 1. The maximum absolute atomic E-state index is 15.1. The van der Waals surface area contributed by atoms with Gasteiger partial charge in [-0.25, -0.2) is 13.6 Å². The number of benzene rings is 2. The minimum atomic E-state index is -2.31. The van der Waals surface area contributed by atoms with Crippen molar-refractivity contribution in [2.45, 2.75) is 17.9 Å². The zero-order valence-electron chi connectivity index (χ0n) is 13.6. The summed E-state index contributed by atoms with van der Waals surface area (Å²) in [5.74, 6) is -1.66. The Kier molecular flexibility index (Phi) is 2.99. The number of rotatable bonds is 0. The van der Waals surface area contributed by atoms with Gasteiger partial charge in [-0.1, -0.05) is 18.2 Å². The number of allylic oxidation sites excluding steroid dienone is 2. The molecule has 1 spiro atoms. The number of phenols is 1. The van der Waals surface area contributed by atoms with Gasteiger partial charge in [-0.15, -0.1) is 0 Å². The van der Waals surface area contributed by atoms with Gasteiger partial charge in [0, 0.05) is 23.3 Å². The Labute approximate surface area is 151 Å². The maximum atomic E-state index is 15.1. The largest absolute Gasteiger partial charge is 0.509 e. The lowest BCUT2D eigenvalue weighted by molar-refractivity contribution is 0.00999. The van der Waals surface area contributed by atoms with Crippen molar-refractivity contribution in [2.75, 3.05) is 0 Å².